The van der Waals surface area contributed by atoms with Crippen molar-refractivity contribution in [3.8, 4) is 0 Å². The summed E-state index contributed by atoms with van der Waals surface area (Å²) in [5.74, 6) is -0.969. The van der Waals surface area contributed by atoms with Crippen molar-refractivity contribution in [3.63, 3.8) is 0 Å². The summed E-state index contributed by atoms with van der Waals surface area (Å²) in [4.78, 5) is 34.0. The third-order valence-corrected chi connectivity index (χ3v) is 3.87. The molecular weight excluding hydrogens is 274 g/mol. The van der Waals surface area contributed by atoms with Crippen LogP contribution in [0.3, 0.4) is 0 Å². The Bertz CT molecular complexity index is 562. The number of nitro benzene ring substituents is 1. The van der Waals surface area contributed by atoms with E-state index in [9.17, 15) is 19.7 Å². The van der Waals surface area contributed by atoms with Crippen molar-refractivity contribution in [2.24, 2.45) is 5.73 Å². The zero-order chi connectivity index (χ0) is 15.5. The topological polar surface area (TPSA) is 115 Å². The van der Waals surface area contributed by atoms with Gasteiger partial charge in [0.15, 0.2) is 0 Å². The van der Waals surface area contributed by atoms with Crippen LogP contribution in [0.4, 0.5) is 5.69 Å². The van der Waals surface area contributed by atoms with Crippen LogP contribution in [-0.2, 0) is 4.79 Å². The molecule has 1 aliphatic carbocycles. The maximum atomic E-state index is 12.2. The fraction of sp³-hybridized carbons (Fsp3) is 0.429. The van der Waals surface area contributed by atoms with Crippen molar-refractivity contribution in [1.82, 2.24) is 5.32 Å². The number of primary amides is 1. The number of rotatable bonds is 4. The highest BCUT2D eigenvalue weighted by molar-refractivity contribution is 5.99. The molecule has 0 heterocycles. The van der Waals surface area contributed by atoms with Gasteiger partial charge < -0.3 is 11.1 Å². The van der Waals surface area contributed by atoms with E-state index >= 15 is 0 Å². The lowest BCUT2D eigenvalue weighted by atomic mass is 9.81. The summed E-state index contributed by atoms with van der Waals surface area (Å²) in [6.07, 6.45) is 3.75. The molecule has 0 saturated heterocycles. The van der Waals surface area contributed by atoms with Crippen molar-refractivity contribution >= 4 is 17.5 Å². The minimum Gasteiger partial charge on any atom is -0.368 e. The van der Waals surface area contributed by atoms with Gasteiger partial charge in [0.05, 0.1) is 4.92 Å². The van der Waals surface area contributed by atoms with Crippen LogP contribution in [0.2, 0.25) is 0 Å². The van der Waals surface area contributed by atoms with E-state index < -0.39 is 22.3 Å². The molecule has 1 fully saturated rings. The molecule has 0 aliphatic heterocycles. The molecule has 3 N–H and O–H groups in total. The first-order valence-corrected chi connectivity index (χ1v) is 6.81. The highest BCUT2D eigenvalue weighted by atomic mass is 16.6. The minimum absolute atomic E-state index is 0.0890. The number of hydrogen-bond donors (Lipinski definition) is 2. The molecule has 0 aromatic heterocycles. The number of benzene rings is 1. The molecule has 112 valence electrons. The molecule has 1 aromatic carbocycles. The van der Waals surface area contributed by atoms with Crippen LogP contribution in [0.15, 0.2) is 24.3 Å². The Morgan fingerprint density at radius 3 is 2.19 bits per heavy atom. The number of amides is 2. The van der Waals surface area contributed by atoms with Crippen LogP contribution in [-0.4, -0.2) is 22.3 Å². The molecule has 1 aliphatic rings. The highest BCUT2D eigenvalue weighted by Gasteiger charge is 2.39. The molecule has 0 unspecified atom stereocenters. The van der Waals surface area contributed by atoms with Crippen LogP contribution in [0.1, 0.15) is 42.5 Å². The van der Waals surface area contributed by atoms with Gasteiger partial charge in [-0.2, -0.15) is 0 Å². The molecule has 21 heavy (non-hydrogen) atoms. The second kappa shape index (κ2) is 5.90. The van der Waals surface area contributed by atoms with Crippen LogP contribution in [0.25, 0.3) is 0 Å². The van der Waals surface area contributed by atoms with Gasteiger partial charge in [-0.05, 0) is 25.0 Å². The molecule has 0 atom stereocenters. The standard InChI is InChI=1S/C14H17N3O4/c15-13(19)14(8-2-1-3-9-14)16-12(18)10-4-6-11(7-5-10)17(20)21/h4-7H,1-3,8-9H2,(H2,15,19)(H,16,18). The number of nitrogens with one attached hydrogen (secondary N) is 1. The number of non-ortho nitro benzene ring substituents is 1. The number of nitrogens with two attached hydrogens (primary N) is 1. The summed E-state index contributed by atoms with van der Waals surface area (Å²) in [6.45, 7) is 0. The second-order valence-electron chi connectivity index (χ2n) is 5.27. The predicted octanol–water partition coefficient (Wildman–Crippen LogP) is 1.51. The van der Waals surface area contributed by atoms with E-state index in [0.29, 0.717) is 12.8 Å². The smallest absolute Gasteiger partial charge is 0.269 e. The van der Waals surface area contributed by atoms with E-state index in [1.165, 1.54) is 24.3 Å². The molecule has 0 bridgehead atoms. The molecule has 0 radical (unpaired) electrons. The monoisotopic (exact) mass is 291 g/mol. The van der Waals surface area contributed by atoms with E-state index in [2.05, 4.69) is 5.32 Å². The summed E-state index contributed by atoms with van der Waals surface area (Å²) in [5.41, 5.74) is 4.63. The summed E-state index contributed by atoms with van der Waals surface area (Å²) in [7, 11) is 0. The first-order chi connectivity index (χ1) is 9.94. The lowest BCUT2D eigenvalue weighted by Gasteiger charge is -2.35. The lowest BCUT2D eigenvalue weighted by molar-refractivity contribution is -0.384. The number of carbonyl (C=O) groups excluding carboxylic acids is 2. The summed E-state index contributed by atoms with van der Waals surface area (Å²) in [6, 6.07) is 5.25. The SMILES string of the molecule is NC(=O)C1(NC(=O)c2ccc([N+](=O)[O-])cc2)CCCCC1. The number of hydrogen-bond acceptors (Lipinski definition) is 4. The van der Waals surface area contributed by atoms with Gasteiger partial charge >= 0.3 is 0 Å². The fourth-order valence-electron chi connectivity index (χ4n) is 2.61. The molecule has 7 heteroatoms. The van der Waals surface area contributed by atoms with Gasteiger partial charge in [0.2, 0.25) is 5.91 Å². The van der Waals surface area contributed by atoms with Gasteiger partial charge in [0, 0.05) is 17.7 Å². The average Bonchev–Trinajstić information content (AvgIpc) is 2.48. The third kappa shape index (κ3) is 3.18. The summed E-state index contributed by atoms with van der Waals surface area (Å²) in [5, 5.41) is 13.3. The first-order valence-electron chi connectivity index (χ1n) is 6.81. The van der Waals surface area contributed by atoms with Gasteiger partial charge in [-0.25, -0.2) is 0 Å². The Hall–Kier alpha value is -2.44. The molecular formula is C14H17N3O4. The quantitative estimate of drug-likeness (QED) is 0.646. The van der Waals surface area contributed by atoms with Crippen LogP contribution in [0.5, 0.6) is 0 Å². The van der Waals surface area contributed by atoms with Crippen LogP contribution in [0, 0.1) is 10.1 Å². The number of nitrogens with zero attached hydrogens (tertiary/aromatic N) is 1. The van der Waals surface area contributed by atoms with Gasteiger partial charge in [0.1, 0.15) is 5.54 Å². The van der Waals surface area contributed by atoms with E-state index in [-0.39, 0.29) is 11.3 Å². The van der Waals surface area contributed by atoms with E-state index in [0.717, 1.165) is 19.3 Å². The van der Waals surface area contributed by atoms with E-state index in [1.807, 2.05) is 0 Å². The van der Waals surface area contributed by atoms with Crippen molar-refractivity contribution in [3.05, 3.63) is 39.9 Å². The largest absolute Gasteiger partial charge is 0.368 e. The number of carbonyl (C=O) groups is 2. The molecule has 1 aromatic rings. The van der Waals surface area contributed by atoms with Crippen molar-refractivity contribution in [2.45, 2.75) is 37.6 Å². The molecule has 0 spiro atoms. The highest BCUT2D eigenvalue weighted by Crippen LogP contribution is 2.28. The van der Waals surface area contributed by atoms with E-state index in [4.69, 9.17) is 5.73 Å². The molecule has 2 rings (SSSR count). The Labute approximate surface area is 121 Å². The number of nitro groups is 1. The predicted molar refractivity (Wildman–Crippen MR) is 75.6 cm³/mol. The Kier molecular flexibility index (Phi) is 4.21. The van der Waals surface area contributed by atoms with E-state index in [1.54, 1.807) is 0 Å². The third-order valence-electron chi connectivity index (χ3n) is 3.87. The van der Waals surface area contributed by atoms with Gasteiger partial charge in [-0.3, -0.25) is 19.7 Å². The fourth-order valence-corrected chi connectivity index (χ4v) is 2.61. The summed E-state index contributed by atoms with van der Waals surface area (Å²) < 4.78 is 0. The second-order valence-corrected chi connectivity index (χ2v) is 5.27. The van der Waals surface area contributed by atoms with Crippen molar-refractivity contribution < 1.29 is 14.5 Å². The normalized spacial score (nSPS) is 17.0. The molecule has 2 amide bonds. The van der Waals surface area contributed by atoms with Crippen molar-refractivity contribution in [2.75, 3.05) is 0 Å². The van der Waals surface area contributed by atoms with Gasteiger partial charge in [0.25, 0.3) is 11.6 Å². The lowest BCUT2D eigenvalue weighted by Crippen LogP contribution is -2.58. The maximum absolute atomic E-state index is 12.2. The average molecular weight is 291 g/mol. The zero-order valence-corrected chi connectivity index (χ0v) is 11.5. The zero-order valence-electron chi connectivity index (χ0n) is 11.5. The Morgan fingerprint density at radius 2 is 1.71 bits per heavy atom. The Balaban J connectivity index is 2.15. The Morgan fingerprint density at radius 1 is 1.14 bits per heavy atom. The van der Waals surface area contributed by atoms with Crippen LogP contribution < -0.4 is 11.1 Å². The van der Waals surface area contributed by atoms with Gasteiger partial charge in [-0.1, -0.05) is 19.3 Å². The minimum atomic E-state index is -1.00. The van der Waals surface area contributed by atoms with Gasteiger partial charge in [-0.15, -0.1) is 0 Å². The molecule has 7 nitrogen and oxygen atoms in total. The summed E-state index contributed by atoms with van der Waals surface area (Å²) >= 11 is 0. The molecule has 1 saturated carbocycles. The van der Waals surface area contributed by atoms with Crippen molar-refractivity contribution in [1.29, 1.82) is 0 Å². The van der Waals surface area contributed by atoms with Crippen LogP contribution >= 0.6 is 0 Å². The first kappa shape index (κ1) is 15.0. The maximum Gasteiger partial charge on any atom is 0.269 e.